The lowest BCUT2D eigenvalue weighted by molar-refractivity contribution is 0.388. The molecule has 3 nitrogen and oxygen atoms in total. The van der Waals surface area contributed by atoms with E-state index in [0.29, 0.717) is 0 Å². The van der Waals surface area contributed by atoms with Crippen LogP contribution in [0.2, 0.25) is 0 Å². The van der Waals surface area contributed by atoms with Crippen LogP contribution in [0.25, 0.3) is 0 Å². The zero-order valence-corrected chi connectivity index (χ0v) is 9.50. The number of aliphatic imine (C=N–C) groups is 1. The molecule has 3 heteroatoms. The maximum Gasteiger partial charge on any atom is 0.0569 e. The van der Waals surface area contributed by atoms with Crippen LogP contribution in [-0.2, 0) is 0 Å². The molecular weight excluding hydrogens is 174 g/mol. The lowest BCUT2D eigenvalue weighted by Gasteiger charge is -2.13. The number of hydrogen-bond donors (Lipinski definition) is 1. The van der Waals surface area contributed by atoms with Crippen molar-refractivity contribution >= 4 is 6.72 Å². The fourth-order valence-electron chi connectivity index (χ4n) is 1.25. The maximum absolute atomic E-state index is 5.73. The van der Waals surface area contributed by atoms with Gasteiger partial charge < -0.3 is 5.01 Å². The minimum atomic E-state index is 0.868. The van der Waals surface area contributed by atoms with Crippen LogP contribution in [0.1, 0.15) is 46.0 Å². The second-order valence-electron chi connectivity index (χ2n) is 3.47. The van der Waals surface area contributed by atoms with E-state index in [2.05, 4.69) is 25.6 Å². The van der Waals surface area contributed by atoms with Crippen molar-refractivity contribution in [3.05, 3.63) is 11.9 Å². The number of rotatable bonds is 8. The predicted molar refractivity (Wildman–Crippen MR) is 63.0 cm³/mol. The van der Waals surface area contributed by atoms with Crippen molar-refractivity contribution in [3.8, 4) is 0 Å². The Morgan fingerprint density at radius 3 is 2.57 bits per heavy atom. The summed E-state index contributed by atoms with van der Waals surface area (Å²) in [6.07, 6.45) is 7.56. The molecule has 0 spiro atoms. The molecule has 0 fully saturated rings. The van der Waals surface area contributed by atoms with Crippen LogP contribution in [0.4, 0.5) is 0 Å². The fraction of sp³-hybridized carbons (Fsp3) is 0.727. The van der Waals surface area contributed by atoms with Crippen LogP contribution >= 0.6 is 0 Å². The number of unbranched alkanes of at least 4 members (excludes halogenated alkanes) is 2. The first kappa shape index (κ1) is 13.2. The minimum Gasteiger partial charge on any atom is -0.316 e. The van der Waals surface area contributed by atoms with Crippen molar-refractivity contribution in [3.63, 3.8) is 0 Å². The SMILES string of the molecule is C=N/C(=C\N(N)CCC)CCCCC. The average molecular weight is 197 g/mol. The number of nitrogens with zero attached hydrogens (tertiary/aromatic N) is 2. The third-order valence-corrected chi connectivity index (χ3v) is 2.04. The Morgan fingerprint density at radius 2 is 2.07 bits per heavy atom. The molecule has 0 aliphatic heterocycles. The van der Waals surface area contributed by atoms with Crippen molar-refractivity contribution in [2.24, 2.45) is 10.8 Å². The van der Waals surface area contributed by atoms with Crippen molar-refractivity contribution < 1.29 is 0 Å². The molecule has 0 bridgehead atoms. The lowest BCUT2D eigenvalue weighted by atomic mass is 10.2. The van der Waals surface area contributed by atoms with Gasteiger partial charge in [-0.25, -0.2) is 5.84 Å². The summed E-state index contributed by atoms with van der Waals surface area (Å²) in [7, 11) is 0. The average Bonchev–Trinajstić information content (AvgIpc) is 2.17. The number of nitrogens with two attached hydrogens (primary N) is 1. The fourth-order valence-corrected chi connectivity index (χ4v) is 1.25. The Kier molecular flexibility index (Phi) is 8.24. The summed E-state index contributed by atoms with van der Waals surface area (Å²) in [5.41, 5.74) is 0.995. The van der Waals surface area contributed by atoms with Gasteiger partial charge in [0, 0.05) is 12.7 Å². The van der Waals surface area contributed by atoms with Crippen molar-refractivity contribution in [1.29, 1.82) is 0 Å². The van der Waals surface area contributed by atoms with Gasteiger partial charge in [0.25, 0.3) is 0 Å². The van der Waals surface area contributed by atoms with Gasteiger partial charge in [0.1, 0.15) is 0 Å². The Labute approximate surface area is 87.7 Å². The topological polar surface area (TPSA) is 41.6 Å². The highest BCUT2D eigenvalue weighted by atomic mass is 15.4. The van der Waals surface area contributed by atoms with E-state index in [-0.39, 0.29) is 0 Å². The summed E-state index contributed by atoms with van der Waals surface area (Å²) in [5.74, 6) is 5.73. The molecule has 0 aromatic heterocycles. The molecular formula is C11H23N3. The summed E-state index contributed by atoms with van der Waals surface area (Å²) in [4.78, 5) is 3.97. The first-order chi connectivity index (χ1) is 6.74. The molecule has 0 unspecified atom stereocenters. The monoisotopic (exact) mass is 197 g/mol. The van der Waals surface area contributed by atoms with Gasteiger partial charge >= 0.3 is 0 Å². The third-order valence-electron chi connectivity index (χ3n) is 2.04. The van der Waals surface area contributed by atoms with E-state index in [4.69, 9.17) is 5.84 Å². The van der Waals surface area contributed by atoms with E-state index >= 15 is 0 Å². The highest BCUT2D eigenvalue weighted by molar-refractivity contribution is 5.28. The van der Waals surface area contributed by atoms with Crippen LogP contribution in [0.15, 0.2) is 16.9 Å². The largest absolute Gasteiger partial charge is 0.316 e. The van der Waals surface area contributed by atoms with E-state index in [1.165, 1.54) is 19.3 Å². The van der Waals surface area contributed by atoms with E-state index < -0.39 is 0 Å². The van der Waals surface area contributed by atoms with Crippen molar-refractivity contribution in [2.45, 2.75) is 46.0 Å². The Bertz CT molecular complexity index is 175. The smallest absolute Gasteiger partial charge is 0.0569 e. The Balaban J connectivity index is 3.90. The second kappa shape index (κ2) is 8.75. The number of hydrazine groups is 1. The summed E-state index contributed by atoms with van der Waals surface area (Å²) < 4.78 is 0. The molecule has 0 aliphatic carbocycles. The first-order valence-electron chi connectivity index (χ1n) is 5.43. The standard InChI is InChI=1S/C11H23N3/c1-4-6-7-8-11(13-3)10-14(12)9-5-2/h10H,3-9,12H2,1-2H3/b11-10-. The number of hydrogen-bond acceptors (Lipinski definition) is 3. The van der Waals surface area contributed by atoms with Gasteiger partial charge in [-0.3, -0.25) is 4.99 Å². The highest BCUT2D eigenvalue weighted by Crippen LogP contribution is 2.09. The van der Waals surface area contributed by atoms with E-state index in [1.54, 1.807) is 5.01 Å². The van der Waals surface area contributed by atoms with Gasteiger partial charge in [0.05, 0.1) is 5.70 Å². The number of allylic oxidation sites excluding steroid dienone is 1. The van der Waals surface area contributed by atoms with Crippen LogP contribution < -0.4 is 5.84 Å². The van der Waals surface area contributed by atoms with E-state index in [0.717, 1.165) is 25.1 Å². The Hall–Kier alpha value is -0.830. The molecule has 0 amide bonds. The molecule has 2 N–H and O–H groups in total. The first-order valence-corrected chi connectivity index (χ1v) is 5.43. The lowest BCUT2D eigenvalue weighted by Crippen LogP contribution is -2.26. The van der Waals surface area contributed by atoms with E-state index in [9.17, 15) is 0 Å². The summed E-state index contributed by atoms with van der Waals surface area (Å²) in [5, 5.41) is 1.69. The van der Waals surface area contributed by atoms with Crippen LogP contribution in [0.5, 0.6) is 0 Å². The summed E-state index contributed by atoms with van der Waals surface area (Å²) >= 11 is 0. The second-order valence-corrected chi connectivity index (χ2v) is 3.47. The van der Waals surface area contributed by atoms with Gasteiger partial charge in [-0.05, 0) is 26.0 Å². The molecule has 14 heavy (non-hydrogen) atoms. The molecule has 0 aromatic carbocycles. The quantitative estimate of drug-likeness (QED) is 0.281. The molecule has 0 aliphatic rings. The minimum absolute atomic E-state index is 0.868. The van der Waals surface area contributed by atoms with Gasteiger partial charge in [0.2, 0.25) is 0 Å². The molecule has 0 rings (SSSR count). The normalized spacial score (nSPS) is 11.5. The highest BCUT2D eigenvalue weighted by Gasteiger charge is 1.96. The molecule has 0 heterocycles. The third kappa shape index (κ3) is 6.66. The zero-order chi connectivity index (χ0) is 10.8. The molecule has 82 valence electrons. The van der Waals surface area contributed by atoms with Crippen molar-refractivity contribution in [1.82, 2.24) is 5.01 Å². The molecule has 0 radical (unpaired) electrons. The van der Waals surface area contributed by atoms with Gasteiger partial charge in [0.15, 0.2) is 0 Å². The molecule has 0 aromatic rings. The Morgan fingerprint density at radius 1 is 1.36 bits per heavy atom. The molecule has 0 saturated carbocycles. The van der Waals surface area contributed by atoms with E-state index in [1.807, 2.05) is 6.20 Å². The van der Waals surface area contributed by atoms with Gasteiger partial charge in [-0.1, -0.05) is 26.7 Å². The zero-order valence-electron chi connectivity index (χ0n) is 9.50. The van der Waals surface area contributed by atoms with Crippen LogP contribution in [0, 0.1) is 0 Å². The maximum atomic E-state index is 5.73. The van der Waals surface area contributed by atoms with Gasteiger partial charge in [-0.15, -0.1) is 0 Å². The predicted octanol–water partition coefficient (Wildman–Crippen LogP) is 2.69. The van der Waals surface area contributed by atoms with Gasteiger partial charge in [-0.2, -0.15) is 0 Å². The van der Waals surface area contributed by atoms with Crippen molar-refractivity contribution in [2.75, 3.05) is 6.54 Å². The van der Waals surface area contributed by atoms with Crippen LogP contribution in [0.3, 0.4) is 0 Å². The van der Waals surface area contributed by atoms with Crippen LogP contribution in [-0.4, -0.2) is 18.3 Å². The summed E-state index contributed by atoms with van der Waals surface area (Å²) in [6, 6.07) is 0. The molecule has 0 atom stereocenters. The molecule has 0 saturated heterocycles. The summed E-state index contributed by atoms with van der Waals surface area (Å²) in [6.45, 7) is 8.71.